The van der Waals surface area contributed by atoms with E-state index in [0.29, 0.717) is 29.5 Å². The number of hydrogen-bond acceptors (Lipinski definition) is 7. The van der Waals surface area contributed by atoms with Gasteiger partial charge in [0.15, 0.2) is 17.3 Å². The average Bonchev–Trinajstić information content (AvgIpc) is 3.76. The molecule has 0 unspecified atom stereocenters. The molecule has 4 aromatic heterocycles. The number of carbonyl (C=O) groups is 1. The van der Waals surface area contributed by atoms with E-state index in [1.165, 1.54) is 17.2 Å². The molecular formula is C31H31N9O. The monoisotopic (exact) mass is 545 g/mol. The molecule has 10 heteroatoms. The summed E-state index contributed by atoms with van der Waals surface area (Å²) in [5, 5.41) is 8.23. The van der Waals surface area contributed by atoms with Crippen LogP contribution in [0.15, 0.2) is 79.8 Å². The number of rotatable bonds is 6. The number of pyridine rings is 2. The molecular weight excluding hydrogens is 514 g/mol. The Labute approximate surface area is 237 Å². The summed E-state index contributed by atoms with van der Waals surface area (Å²) in [6.07, 6.45) is 10.6. The van der Waals surface area contributed by atoms with E-state index in [4.69, 9.17) is 15.7 Å². The van der Waals surface area contributed by atoms with Gasteiger partial charge in [-0.15, -0.1) is 0 Å². The molecule has 1 saturated heterocycles. The number of anilines is 1. The Bertz CT molecular complexity index is 1750. The number of fused-ring (bicyclic) bond motifs is 2. The minimum absolute atomic E-state index is 0.0212. The van der Waals surface area contributed by atoms with Gasteiger partial charge in [-0.2, -0.15) is 5.10 Å². The summed E-state index contributed by atoms with van der Waals surface area (Å²) in [4.78, 5) is 28.1. The fourth-order valence-electron chi connectivity index (χ4n) is 6.11. The third kappa shape index (κ3) is 4.55. The molecule has 41 heavy (non-hydrogen) atoms. The summed E-state index contributed by atoms with van der Waals surface area (Å²) in [5.41, 5.74) is 12.2. The zero-order valence-corrected chi connectivity index (χ0v) is 22.6. The molecule has 5 heterocycles. The molecule has 1 aliphatic carbocycles. The first kappa shape index (κ1) is 25.2. The maximum Gasteiger partial charge on any atom is 0.245 e. The molecule has 10 nitrogen and oxygen atoms in total. The van der Waals surface area contributed by atoms with Crippen molar-refractivity contribution >= 4 is 22.9 Å². The highest BCUT2D eigenvalue weighted by Crippen LogP contribution is 2.36. The van der Waals surface area contributed by atoms with E-state index in [0.717, 1.165) is 61.2 Å². The van der Waals surface area contributed by atoms with E-state index in [9.17, 15) is 4.79 Å². The molecule has 2 aliphatic rings. The minimum Gasteiger partial charge on any atom is -0.383 e. The Morgan fingerprint density at radius 2 is 1.93 bits per heavy atom. The van der Waals surface area contributed by atoms with Crippen LogP contribution in [0.4, 0.5) is 5.82 Å². The predicted octanol–water partition coefficient (Wildman–Crippen LogP) is 4.00. The molecule has 206 valence electrons. The van der Waals surface area contributed by atoms with Crippen molar-refractivity contribution in [3.63, 3.8) is 0 Å². The molecule has 0 spiro atoms. The number of piperidine rings is 1. The Morgan fingerprint density at radius 1 is 1.05 bits per heavy atom. The number of aromatic nitrogens is 6. The van der Waals surface area contributed by atoms with Gasteiger partial charge < -0.3 is 16.0 Å². The van der Waals surface area contributed by atoms with Crippen molar-refractivity contribution in [3.8, 4) is 22.9 Å². The van der Waals surface area contributed by atoms with E-state index in [2.05, 4.69) is 44.7 Å². The SMILES string of the molecule is C=CC(=O)N1CCC(N[C@H]2CCc3cc(-n4c(-c5cccnc5N)nc5ccc(-n6cccn6)nc54)ccc32)CC1. The Hall–Kier alpha value is -4.83. The van der Waals surface area contributed by atoms with Crippen LogP contribution in [0.2, 0.25) is 0 Å². The van der Waals surface area contributed by atoms with Gasteiger partial charge in [0.1, 0.15) is 11.3 Å². The van der Waals surface area contributed by atoms with Gasteiger partial charge in [-0.1, -0.05) is 12.6 Å². The zero-order chi connectivity index (χ0) is 27.9. The van der Waals surface area contributed by atoms with Gasteiger partial charge in [-0.3, -0.25) is 9.36 Å². The smallest absolute Gasteiger partial charge is 0.245 e. The third-order valence-corrected chi connectivity index (χ3v) is 8.19. The molecule has 0 bridgehead atoms. The molecule has 0 saturated carbocycles. The lowest BCUT2D eigenvalue weighted by atomic mass is 10.0. The zero-order valence-electron chi connectivity index (χ0n) is 22.6. The second kappa shape index (κ2) is 10.3. The van der Waals surface area contributed by atoms with E-state index >= 15 is 0 Å². The second-order valence-electron chi connectivity index (χ2n) is 10.6. The number of carbonyl (C=O) groups excluding carboxylic acids is 1. The van der Waals surface area contributed by atoms with Gasteiger partial charge in [0.25, 0.3) is 0 Å². The maximum absolute atomic E-state index is 12.0. The second-order valence-corrected chi connectivity index (χ2v) is 10.6. The topological polar surface area (TPSA) is 120 Å². The minimum atomic E-state index is 0.0212. The molecule has 1 fully saturated rings. The van der Waals surface area contributed by atoms with Crippen LogP contribution in [0.5, 0.6) is 0 Å². The van der Waals surface area contributed by atoms with Gasteiger partial charge in [0.05, 0.1) is 5.56 Å². The van der Waals surface area contributed by atoms with E-state index in [1.807, 2.05) is 41.4 Å². The first-order valence-corrected chi connectivity index (χ1v) is 14.0. The van der Waals surface area contributed by atoms with E-state index in [1.54, 1.807) is 17.1 Å². The number of likely N-dealkylation sites (tertiary alicyclic amines) is 1. The summed E-state index contributed by atoms with van der Waals surface area (Å²) in [6, 6.07) is 16.9. The van der Waals surface area contributed by atoms with Crippen LogP contribution in [0.25, 0.3) is 34.1 Å². The number of nitrogens with one attached hydrogen (secondary N) is 1. The molecule has 3 N–H and O–H groups in total. The first-order valence-electron chi connectivity index (χ1n) is 14.0. The molecule has 1 atom stereocenters. The van der Waals surface area contributed by atoms with E-state index < -0.39 is 0 Å². The fourth-order valence-corrected chi connectivity index (χ4v) is 6.11. The van der Waals surface area contributed by atoms with Crippen LogP contribution in [0.1, 0.15) is 36.4 Å². The van der Waals surface area contributed by atoms with Gasteiger partial charge in [-0.25, -0.2) is 19.6 Å². The first-order chi connectivity index (χ1) is 20.1. The van der Waals surface area contributed by atoms with Crippen molar-refractivity contribution in [2.45, 2.75) is 37.8 Å². The molecule has 7 rings (SSSR count). The van der Waals surface area contributed by atoms with Gasteiger partial charge in [0.2, 0.25) is 5.91 Å². The lowest BCUT2D eigenvalue weighted by molar-refractivity contribution is -0.127. The third-order valence-electron chi connectivity index (χ3n) is 8.19. The van der Waals surface area contributed by atoms with Crippen LogP contribution in [0, 0.1) is 0 Å². The summed E-state index contributed by atoms with van der Waals surface area (Å²) < 4.78 is 3.81. The number of nitrogens with zero attached hydrogens (tertiary/aromatic N) is 7. The summed E-state index contributed by atoms with van der Waals surface area (Å²) in [7, 11) is 0. The summed E-state index contributed by atoms with van der Waals surface area (Å²) in [6.45, 7) is 5.15. The maximum atomic E-state index is 12.0. The molecule has 1 aromatic carbocycles. The fraction of sp³-hybridized carbons (Fsp3) is 0.258. The Kier molecular flexibility index (Phi) is 6.31. The molecule has 0 radical (unpaired) electrons. The lowest BCUT2D eigenvalue weighted by Gasteiger charge is -2.33. The van der Waals surface area contributed by atoms with Crippen molar-refractivity contribution in [1.29, 1.82) is 0 Å². The van der Waals surface area contributed by atoms with Crippen molar-refractivity contribution in [2.75, 3.05) is 18.8 Å². The highest BCUT2D eigenvalue weighted by Gasteiger charge is 2.29. The van der Waals surface area contributed by atoms with Crippen LogP contribution in [-0.4, -0.2) is 59.2 Å². The number of hydrogen-bond donors (Lipinski definition) is 2. The number of nitrogens with two attached hydrogens (primary N) is 1. The highest BCUT2D eigenvalue weighted by molar-refractivity contribution is 5.87. The van der Waals surface area contributed by atoms with Crippen LogP contribution < -0.4 is 11.1 Å². The normalized spacial score (nSPS) is 17.2. The number of imidazole rings is 1. The van der Waals surface area contributed by atoms with Crippen molar-refractivity contribution in [3.05, 3.63) is 90.9 Å². The van der Waals surface area contributed by atoms with Crippen LogP contribution in [-0.2, 0) is 11.2 Å². The van der Waals surface area contributed by atoms with Gasteiger partial charge in [-0.05, 0) is 85.4 Å². The standard InChI is InChI=1S/C31H31N9O/c1-2-28(41)38-17-12-21(13-18-38)35-25-9-6-20-19-22(7-8-23(20)25)40-30(24-5-3-14-33-29(24)32)36-26-10-11-27(37-31(26)40)39-16-4-15-34-39/h2-5,7-8,10-11,14-16,19,21,25,35H,1,6,9,12-13,17-18H2,(H2,32,33)/t25-/m0/s1. The molecule has 5 aromatic rings. The predicted molar refractivity (Wildman–Crippen MR) is 158 cm³/mol. The van der Waals surface area contributed by atoms with Crippen LogP contribution in [0.3, 0.4) is 0 Å². The van der Waals surface area contributed by atoms with Gasteiger partial charge in [0, 0.05) is 49.5 Å². The molecule has 1 amide bonds. The average molecular weight is 546 g/mol. The van der Waals surface area contributed by atoms with Crippen LogP contribution >= 0.6 is 0 Å². The Balaban J connectivity index is 1.24. The quantitative estimate of drug-likeness (QED) is 0.310. The summed E-state index contributed by atoms with van der Waals surface area (Å²) >= 11 is 0. The number of aryl methyl sites for hydroxylation is 1. The number of amides is 1. The largest absolute Gasteiger partial charge is 0.383 e. The number of benzene rings is 1. The van der Waals surface area contributed by atoms with Crippen molar-refractivity contribution in [2.24, 2.45) is 0 Å². The highest BCUT2D eigenvalue weighted by atomic mass is 16.2. The Morgan fingerprint density at radius 3 is 2.71 bits per heavy atom. The van der Waals surface area contributed by atoms with E-state index in [-0.39, 0.29) is 5.91 Å². The lowest BCUT2D eigenvalue weighted by Crippen LogP contribution is -2.45. The van der Waals surface area contributed by atoms with Crippen molar-refractivity contribution < 1.29 is 4.79 Å². The number of nitrogen functional groups attached to an aromatic ring is 1. The van der Waals surface area contributed by atoms with Crippen molar-refractivity contribution in [1.82, 2.24) is 39.5 Å². The summed E-state index contributed by atoms with van der Waals surface area (Å²) in [5.74, 6) is 1.85. The molecule has 1 aliphatic heterocycles. The van der Waals surface area contributed by atoms with Gasteiger partial charge >= 0.3 is 0 Å².